The normalized spacial score (nSPS) is 11.2. The average Bonchev–Trinajstić information content (AvgIpc) is 3.24. The van der Waals surface area contributed by atoms with E-state index in [1.807, 2.05) is 91.0 Å². The Hall–Kier alpha value is -4.43. The monoisotopic (exact) mass is 403 g/mol. The fourth-order valence-electron chi connectivity index (χ4n) is 3.34. The van der Waals surface area contributed by atoms with Crippen molar-refractivity contribution in [3.63, 3.8) is 0 Å². The summed E-state index contributed by atoms with van der Waals surface area (Å²) in [5, 5.41) is 10.0. The van der Waals surface area contributed by atoms with Gasteiger partial charge in [0.2, 0.25) is 0 Å². The molecule has 2 heterocycles. The lowest BCUT2D eigenvalue weighted by molar-refractivity contribution is 0.302. The van der Waals surface area contributed by atoms with Gasteiger partial charge in [0.1, 0.15) is 17.9 Å². The third-order valence-electron chi connectivity index (χ3n) is 4.88. The largest absolute Gasteiger partial charge is 0.487 e. The number of ether oxygens (including phenoxy) is 1. The molecule has 0 fully saturated rings. The second kappa shape index (κ2) is 8.13. The summed E-state index contributed by atoms with van der Waals surface area (Å²) in [4.78, 5) is 8.74. The van der Waals surface area contributed by atoms with E-state index in [1.165, 1.54) is 0 Å². The first kappa shape index (κ1) is 18.6. The third-order valence-corrected chi connectivity index (χ3v) is 4.88. The molecule has 31 heavy (non-hydrogen) atoms. The molecular formula is C26H17N3O2. The number of hydrogen-bond acceptors (Lipinski definition) is 5. The van der Waals surface area contributed by atoms with Crippen LogP contribution in [0.1, 0.15) is 22.7 Å². The Labute approximate surface area is 178 Å². The molecule has 0 aliphatic rings. The molecule has 5 aromatic rings. The van der Waals surface area contributed by atoms with Crippen molar-refractivity contribution < 1.29 is 9.15 Å². The van der Waals surface area contributed by atoms with Gasteiger partial charge in [-0.2, -0.15) is 10.2 Å². The van der Waals surface area contributed by atoms with E-state index in [2.05, 4.69) is 16.0 Å². The zero-order valence-electron chi connectivity index (χ0n) is 16.5. The zero-order chi connectivity index (χ0) is 21.0. The van der Waals surface area contributed by atoms with Crippen molar-refractivity contribution in [3.05, 3.63) is 102 Å². The second-order valence-electron chi connectivity index (χ2n) is 7.05. The highest BCUT2D eigenvalue weighted by molar-refractivity contribution is 5.80. The van der Waals surface area contributed by atoms with Crippen LogP contribution in [-0.4, -0.2) is 9.97 Å². The van der Waals surface area contributed by atoms with Gasteiger partial charge in [0, 0.05) is 5.39 Å². The van der Waals surface area contributed by atoms with Gasteiger partial charge in [0.15, 0.2) is 11.7 Å². The van der Waals surface area contributed by atoms with E-state index in [-0.39, 0.29) is 5.89 Å². The molecule has 0 radical (unpaired) electrons. The third kappa shape index (κ3) is 4.14. The number of hydrogen-bond donors (Lipinski definition) is 0. The molecule has 0 spiro atoms. The van der Waals surface area contributed by atoms with E-state index < -0.39 is 0 Å². The van der Waals surface area contributed by atoms with Gasteiger partial charge in [-0.05, 0) is 47.5 Å². The highest BCUT2D eigenvalue weighted by Crippen LogP contribution is 2.21. The first-order valence-electron chi connectivity index (χ1n) is 9.83. The highest BCUT2D eigenvalue weighted by Gasteiger charge is 2.05. The quantitative estimate of drug-likeness (QED) is 0.337. The van der Waals surface area contributed by atoms with Crippen molar-refractivity contribution >= 4 is 34.2 Å². The number of benzene rings is 3. The summed E-state index contributed by atoms with van der Waals surface area (Å²) in [5.41, 5.74) is 5.09. The van der Waals surface area contributed by atoms with Crippen LogP contribution < -0.4 is 4.74 Å². The first-order valence-corrected chi connectivity index (χ1v) is 9.83. The average molecular weight is 403 g/mol. The lowest BCUT2D eigenvalue weighted by atomic mass is 10.1. The van der Waals surface area contributed by atoms with Crippen LogP contribution in [0.2, 0.25) is 0 Å². The Morgan fingerprint density at radius 1 is 0.839 bits per heavy atom. The van der Waals surface area contributed by atoms with Crippen LogP contribution in [-0.2, 0) is 6.61 Å². The second-order valence-corrected chi connectivity index (χ2v) is 7.05. The van der Waals surface area contributed by atoms with Gasteiger partial charge < -0.3 is 9.15 Å². The minimum atomic E-state index is 0.0712. The van der Waals surface area contributed by atoms with Gasteiger partial charge in [0.25, 0.3) is 0 Å². The van der Waals surface area contributed by atoms with Gasteiger partial charge in [-0.25, -0.2) is 4.98 Å². The predicted molar refractivity (Wildman–Crippen MR) is 120 cm³/mol. The van der Waals surface area contributed by atoms with Gasteiger partial charge in [0.05, 0.1) is 11.2 Å². The molecular weight excluding hydrogens is 386 g/mol. The number of oxazole rings is 1. The van der Waals surface area contributed by atoms with Crippen LogP contribution in [0.3, 0.4) is 0 Å². The highest BCUT2D eigenvalue weighted by atomic mass is 16.5. The van der Waals surface area contributed by atoms with E-state index in [1.54, 1.807) is 0 Å². The van der Waals surface area contributed by atoms with Crippen molar-refractivity contribution in [2.75, 3.05) is 0 Å². The molecule has 0 saturated carbocycles. The molecule has 0 bridgehead atoms. The zero-order valence-corrected chi connectivity index (χ0v) is 16.5. The lowest BCUT2D eigenvalue weighted by Gasteiger charge is -2.07. The van der Waals surface area contributed by atoms with Crippen molar-refractivity contribution in [1.82, 2.24) is 9.97 Å². The summed E-state index contributed by atoms with van der Waals surface area (Å²) in [6.07, 6.45) is 3.99. The van der Waals surface area contributed by atoms with Gasteiger partial charge >= 0.3 is 5.89 Å². The van der Waals surface area contributed by atoms with Gasteiger partial charge in [-0.3, -0.25) is 0 Å². The topological polar surface area (TPSA) is 71.9 Å². The van der Waals surface area contributed by atoms with Crippen LogP contribution in [0.5, 0.6) is 5.75 Å². The summed E-state index contributed by atoms with van der Waals surface area (Å²) in [7, 11) is 0. The fraction of sp³-hybridized carbons (Fsp3) is 0.0385. The molecule has 5 rings (SSSR count). The van der Waals surface area contributed by atoms with E-state index in [0.29, 0.717) is 17.7 Å². The van der Waals surface area contributed by atoms with Crippen molar-refractivity contribution in [3.8, 4) is 11.8 Å². The summed E-state index contributed by atoms with van der Waals surface area (Å²) in [5.74, 6) is 0.850. The van der Waals surface area contributed by atoms with Gasteiger partial charge in [-0.15, -0.1) is 0 Å². The molecule has 0 saturated heterocycles. The Bertz CT molecular complexity index is 1460. The van der Waals surface area contributed by atoms with E-state index >= 15 is 0 Å². The Kier molecular flexibility index (Phi) is 4.88. The summed E-state index contributed by atoms with van der Waals surface area (Å²) in [6.45, 7) is 0.404. The number of fused-ring (bicyclic) bond motifs is 2. The molecule has 0 aliphatic carbocycles. The van der Waals surface area contributed by atoms with Crippen molar-refractivity contribution in [1.29, 1.82) is 5.26 Å². The molecule has 0 atom stereocenters. The Balaban J connectivity index is 1.29. The van der Waals surface area contributed by atoms with E-state index in [0.717, 1.165) is 33.5 Å². The smallest absolute Gasteiger partial charge is 0.301 e. The number of aromatic nitrogens is 2. The molecule has 0 amide bonds. The fourth-order valence-corrected chi connectivity index (χ4v) is 3.34. The van der Waals surface area contributed by atoms with Crippen LogP contribution in [0.15, 0.2) is 83.3 Å². The summed E-state index contributed by atoms with van der Waals surface area (Å²) in [6, 6.07) is 27.5. The summed E-state index contributed by atoms with van der Waals surface area (Å²) < 4.78 is 11.4. The maximum Gasteiger partial charge on any atom is 0.301 e. The number of nitriles is 1. The lowest BCUT2D eigenvalue weighted by Crippen LogP contribution is -1.98. The van der Waals surface area contributed by atoms with E-state index in [9.17, 15) is 0 Å². The Morgan fingerprint density at radius 2 is 1.71 bits per heavy atom. The number of pyridine rings is 1. The molecule has 5 nitrogen and oxygen atoms in total. The van der Waals surface area contributed by atoms with Crippen LogP contribution in [0.25, 0.3) is 34.2 Å². The Morgan fingerprint density at radius 3 is 2.61 bits per heavy atom. The molecule has 3 aromatic carbocycles. The minimum absolute atomic E-state index is 0.0712. The van der Waals surface area contributed by atoms with Crippen LogP contribution in [0, 0.1) is 11.3 Å². The molecule has 2 aromatic heterocycles. The maximum atomic E-state index is 8.91. The standard InChI is InChI=1S/C26H17N3O2/c27-16-26-29-24-13-10-19(15-25(24)31-26)9-8-18-4-3-6-22(14-18)30-17-21-12-11-20-5-1-2-7-23(20)28-21/h1-15H,17H2/b9-8+. The first-order chi connectivity index (χ1) is 15.3. The maximum absolute atomic E-state index is 8.91. The van der Waals surface area contributed by atoms with Crippen molar-refractivity contribution in [2.45, 2.75) is 6.61 Å². The van der Waals surface area contributed by atoms with E-state index in [4.69, 9.17) is 14.4 Å². The minimum Gasteiger partial charge on any atom is -0.487 e. The molecule has 0 aliphatic heterocycles. The van der Waals surface area contributed by atoms with Gasteiger partial charge in [-0.1, -0.05) is 54.6 Å². The molecule has 148 valence electrons. The summed E-state index contributed by atoms with van der Waals surface area (Å²) >= 11 is 0. The SMILES string of the molecule is N#Cc1nc2ccc(/C=C/c3cccc(OCc4ccc5ccccc5n4)c3)cc2o1. The van der Waals surface area contributed by atoms with Crippen LogP contribution >= 0.6 is 0 Å². The number of rotatable bonds is 5. The van der Waals surface area contributed by atoms with Crippen molar-refractivity contribution in [2.24, 2.45) is 0 Å². The number of para-hydroxylation sites is 1. The number of nitrogens with zero attached hydrogens (tertiary/aromatic N) is 3. The molecule has 0 N–H and O–H groups in total. The molecule has 0 unspecified atom stereocenters. The predicted octanol–water partition coefficient (Wildman–Crippen LogP) is 6.00. The van der Waals surface area contributed by atoms with Crippen LogP contribution in [0.4, 0.5) is 0 Å². The molecule has 5 heteroatoms.